The lowest BCUT2D eigenvalue weighted by atomic mass is 10.2. The molecule has 0 aromatic rings. The minimum absolute atomic E-state index is 0.588. The fraction of sp³-hybridized carbons (Fsp3) is 0.846. The van der Waals surface area contributed by atoms with Gasteiger partial charge in [-0.2, -0.15) is 0 Å². The van der Waals surface area contributed by atoms with E-state index in [1.165, 1.54) is 5.57 Å². The van der Waals surface area contributed by atoms with Crippen LogP contribution in [-0.2, 0) is 0 Å². The zero-order valence-electron chi connectivity index (χ0n) is 11.1. The maximum Gasteiger partial charge on any atom is 0.0195 e. The second-order valence-corrected chi connectivity index (χ2v) is 4.92. The predicted octanol–water partition coefficient (Wildman–Crippen LogP) is 2.52. The van der Waals surface area contributed by atoms with Gasteiger partial charge >= 0.3 is 0 Å². The summed E-state index contributed by atoms with van der Waals surface area (Å²) in [7, 11) is 0. The minimum Gasteiger partial charge on any atom is -0.315 e. The average molecular weight is 212 g/mol. The molecule has 0 saturated heterocycles. The molecule has 1 unspecified atom stereocenters. The molecule has 0 amide bonds. The normalized spacial score (nSPS) is 13.5. The van der Waals surface area contributed by atoms with E-state index in [-0.39, 0.29) is 0 Å². The first-order valence-electron chi connectivity index (χ1n) is 6.06. The van der Waals surface area contributed by atoms with Crippen LogP contribution in [0.15, 0.2) is 12.2 Å². The largest absolute Gasteiger partial charge is 0.315 e. The Bertz CT molecular complexity index is 175. The van der Waals surface area contributed by atoms with Crippen molar-refractivity contribution in [1.29, 1.82) is 0 Å². The van der Waals surface area contributed by atoms with E-state index in [1.54, 1.807) is 0 Å². The molecular formula is C13H28N2. The molecule has 0 radical (unpaired) electrons. The standard InChI is InChI=1S/C13H28N2/c1-7-15(10-12(4)5)13(6)9-14-8-11(2)3/h11,13-14H,4,7-10H2,1-3,5-6H3. The van der Waals surface area contributed by atoms with Gasteiger partial charge in [0.15, 0.2) is 0 Å². The Labute approximate surface area is 95.7 Å². The van der Waals surface area contributed by atoms with Crippen molar-refractivity contribution in [2.24, 2.45) is 5.92 Å². The van der Waals surface area contributed by atoms with Gasteiger partial charge in [0.1, 0.15) is 0 Å². The first kappa shape index (κ1) is 14.7. The Balaban J connectivity index is 3.82. The van der Waals surface area contributed by atoms with Crippen molar-refractivity contribution >= 4 is 0 Å². The minimum atomic E-state index is 0.588. The molecule has 0 aliphatic carbocycles. The second kappa shape index (κ2) is 7.89. The number of likely N-dealkylation sites (N-methyl/N-ethyl adjacent to an activating group) is 1. The van der Waals surface area contributed by atoms with E-state index in [4.69, 9.17) is 0 Å². The molecule has 1 atom stereocenters. The van der Waals surface area contributed by atoms with Crippen LogP contribution >= 0.6 is 0 Å². The van der Waals surface area contributed by atoms with Gasteiger partial charge in [0.2, 0.25) is 0 Å². The number of hydrogen-bond donors (Lipinski definition) is 1. The zero-order chi connectivity index (χ0) is 11.8. The van der Waals surface area contributed by atoms with Gasteiger partial charge in [-0.25, -0.2) is 0 Å². The molecule has 0 spiro atoms. The number of nitrogens with one attached hydrogen (secondary N) is 1. The van der Waals surface area contributed by atoms with Crippen LogP contribution in [0.1, 0.15) is 34.6 Å². The number of rotatable bonds is 8. The highest BCUT2D eigenvalue weighted by Gasteiger charge is 2.11. The molecule has 15 heavy (non-hydrogen) atoms. The highest BCUT2D eigenvalue weighted by atomic mass is 15.2. The topological polar surface area (TPSA) is 15.3 Å². The molecular weight excluding hydrogens is 184 g/mol. The summed E-state index contributed by atoms with van der Waals surface area (Å²) in [6, 6.07) is 0.588. The monoisotopic (exact) mass is 212 g/mol. The SMILES string of the molecule is C=C(C)CN(CC)C(C)CNCC(C)C. The molecule has 0 saturated carbocycles. The van der Waals surface area contributed by atoms with Gasteiger partial charge in [0, 0.05) is 19.1 Å². The highest BCUT2D eigenvalue weighted by Crippen LogP contribution is 2.02. The molecule has 1 N–H and O–H groups in total. The lowest BCUT2D eigenvalue weighted by molar-refractivity contribution is 0.231. The van der Waals surface area contributed by atoms with E-state index in [0.717, 1.165) is 32.1 Å². The van der Waals surface area contributed by atoms with Gasteiger partial charge in [-0.3, -0.25) is 4.90 Å². The quantitative estimate of drug-likeness (QED) is 0.622. The fourth-order valence-electron chi connectivity index (χ4n) is 1.64. The van der Waals surface area contributed by atoms with Crippen molar-refractivity contribution < 1.29 is 0 Å². The molecule has 90 valence electrons. The number of hydrogen-bond acceptors (Lipinski definition) is 2. The fourth-order valence-corrected chi connectivity index (χ4v) is 1.64. The van der Waals surface area contributed by atoms with E-state index >= 15 is 0 Å². The van der Waals surface area contributed by atoms with Crippen molar-refractivity contribution in [3.63, 3.8) is 0 Å². The van der Waals surface area contributed by atoms with Crippen LogP contribution in [-0.4, -0.2) is 37.1 Å². The van der Waals surface area contributed by atoms with Crippen LogP contribution in [0.5, 0.6) is 0 Å². The van der Waals surface area contributed by atoms with Crippen molar-refractivity contribution in [3.8, 4) is 0 Å². The van der Waals surface area contributed by atoms with Gasteiger partial charge in [-0.1, -0.05) is 32.9 Å². The molecule has 2 nitrogen and oxygen atoms in total. The summed E-state index contributed by atoms with van der Waals surface area (Å²) >= 11 is 0. The Morgan fingerprint density at radius 1 is 1.27 bits per heavy atom. The highest BCUT2D eigenvalue weighted by molar-refractivity contribution is 4.92. The van der Waals surface area contributed by atoms with Crippen molar-refractivity contribution in [1.82, 2.24) is 10.2 Å². The summed E-state index contributed by atoms with van der Waals surface area (Å²) < 4.78 is 0. The Morgan fingerprint density at radius 3 is 2.27 bits per heavy atom. The average Bonchev–Trinajstić information content (AvgIpc) is 2.13. The van der Waals surface area contributed by atoms with Gasteiger partial charge < -0.3 is 5.32 Å². The Hall–Kier alpha value is -0.340. The molecule has 0 fully saturated rings. The van der Waals surface area contributed by atoms with E-state index in [9.17, 15) is 0 Å². The van der Waals surface area contributed by atoms with E-state index in [2.05, 4.69) is 51.4 Å². The molecule has 0 aliphatic heterocycles. The second-order valence-electron chi connectivity index (χ2n) is 4.92. The predicted molar refractivity (Wildman–Crippen MR) is 69.2 cm³/mol. The third-order valence-corrected chi connectivity index (χ3v) is 2.49. The first-order chi connectivity index (χ1) is 6.97. The third kappa shape index (κ3) is 7.57. The lowest BCUT2D eigenvalue weighted by Crippen LogP contribution is -2.41. The first-order valence-corrected chi connectivity index (χ1v) is 6.06. The van der Waals surface area contributed by atoms with Crippen LogP contribution in [0.4, 0.5) is 0 Å². The van der Waals surface area contributed by atoms with E-state index in [0.29, 0.717) is 6.04 Å². The maximum absolute atomic E-state index is 3.97. The lowest BCUT2D eigenvalue weighted by Gasteiger charge is -2.28. The molecule has 0 bridgehead atoms. The van der Waals surface area contributed by atoms with Crippen molar-refractivity contribution in [2.75, 3.05) is 26.2 Å². The molecule has 0 aromatic carbocycles. The number of nitrogens with zero attached hydrogens (tertiary/aromatic N) is 1. The van der Waals surface area contributed by atoms with E-state index < -0.39 is 0 Å². The van der Waals surface area contributed by atoms with Gasteiger partial charge in [-0.15, -0.1) is 0 Å². The van der Waals surface area contributed by atoms with Crippen LogP contribution in [0.3, 0.4) is 0 Å². The summed E-state index contributed by atoms with van der Waals surface area (Å²) in [5.74, 6) is 0.730. The van der Waals surface area contributed by atoms with Crippen molar-refractivity contribution in [3.05, 3.63) is 12.2 Å². The van der Waals surface area contributed by atoms with Gasteiger partial charge in [0.25, 0.3) is 0 Å². The van der Waals surface area contributed by atoms with Crippen LogP contribution in [0, 0.1) is 5.92 Å². The Kier molecular flexibility index (Phi) is 7.71. The van der Waals surface area contributed by atoms with Gasteiger partial charge in [-0.05, 0) is 32.9 Å². The summed E-state index contributed by atoms with van der Waals surface area (Å²) in [4.78, 5) is 2.45. The molecule has 2 heteroatoms. The zero-order valence-corrected chi connectivity index (χ0v) is 11.1. The smallest absolute Gasteiger partial charge is 0.0195 e. The molecule has 0 aromatic heterocycles. The Morgan fingerprint density at radius 2 is 1.87 bits per heavy atom. The summed E-state index contributed by atoms with van der Waals surface area (Å²) in [6.45, 7) is 19.3. The molecule has 0 heterocycles. The molecule has 0 aliphatic rings. The van der Waals surface area contributed by atoms with E-state index in [1.807, 2.05) is 0 Å². The third-order valence-electron chi connectivity index (χ3n) is 2.49. The van der Waals surface area contributed by atoms with Crippen molar-refractivity contribution in [2.45, 2.75) is 40.7 Å². The van der Waals surface area contributed by atoms with Crippen LogP contribution < -0.4 is 5.32 Å². The van der Waals surface area contributed by atoms with Gasteiger partial charge in [0.05, 0.1) is 0 Å². The summed E-state index contributed by atoms with van der Waals surface area (Å²) in [6.07, 6.45) is 0. The van der Waals surface area contributed by atoms with Crippen LogP contribution in [0.2, 0.25) is 0 Å². The van der Waals surface area contributed by atoms with Crippen LogP contribution in [0.25, 0.3) is 0 Å². The maximum atomic E-state index is 3.97. The summed E-state index contributed by atoms with van der Waals surface area (Å²) in [5, 5.41) is 3.50. The molecule has 0 rings (SSSR count). The summed E-state index contributed by atoms with van der Waals surface area (Å²) in [5.41, 5.74) is 1.24.